The lowest BCUT2D eigenvalue weighted by atomic mass is 10.1. The highest BCUT2D eigenvalue weighted by molar-refractivity contribution is 4.70. The minimum atomic E-state index is 0. The van der Waals surface area contributed by atoms with Crippen LogP contribution in [-0.4, -0.2) is 36.8 Å². The summed E-state index contributed by atoms with van der Waals surface area (Å²) in [6.07, 6.45) is 17.0. The van der Waals surface area contributed by atoms with Crippen LogP contribution in [0, 0.1) is 0 Å². The molecule has 0 bridgehead atoms. The molecule has 0 fully saturated rings. The standard InChI is InChI=1S/C17H35NO.ClH/c1-4-5-6-7-8-9-10-11-12-13-15-18(2,3)16-14-17-19;/h14,17H,4-13,15-16H2,1-3H3;1H. The van der Waals surface area contributed by atoms with E-state index in [1.54, 1.807) is 0 Å². The first-order valence-electron chi connectivity index (χ1n) is 8.23. The largest absolute Gasteiger partial charge is 1.00 e. The second kappa shape index (κ2) is 15.2. The van der Waals surface area contributed by atoms with E-state index in [4.69, 9.17) is 5.11 Å². The van der Waals surface area contributed by atoms with Crippen molar-refractivity contribution in [3.05, 3.63) is 12.3 Å². The zero-order chi connectivity index (χ0) is 14.4. The Bertz CT molecular complexity index is 217. The van der Waals surface area contributed by atoms with Crippen LogP contribution in [-0.2, 0) is 0 Å². The molecule has 0 rings (SSSR count). The van der Waals surface area contributed by atoms with Crippen molar-refractivity contribution in [2.24, 2.45) is 0 Å². The zero-order valence-corrected chi connectivity index (χ0v) is 14.7. The Morgan fingerprint density at radius 2 is 1.25 bits per heavy atom. The van der Waals surface area contributed by atoms with Crippen molar-refractivity contribution >= 4 is 0 Å². The predicted octanol–water partition coefficient (Wildman–Crippen LogP) is 2.06. The molecular weight excluding hydrogens is 270 g/mol. The van der Waals surface area contributed by atoms with Crippen LogP contribution in [0.4, 0.5) is 0 Å². The third-order valence-corrected chi connectivity index (χ3v) is 3.82. The van der Waals surface area contributed by atoms with Crippen molar-refractivity contribution in [3.63, 3.8) is 0 Å². The molecule has 0 amide bonds. The van der Waals surface area contributed by atoms with Gasteiger partial charge in [0.25, 0.3) is 0 Å². The molecule has 0 aliphatic carbocycles. The molecule has 0 saturated heterocycles. The van der Waals surface area contributed by atoms with Gasteiger partial charge >= 0.3 is 0 Å². The monoisotopic (exact) mass is 305 g/mol. The Morgan fingerprint density at radius 3 is 1.70 bits per heavy atom. The Morgan fingerprint density at radius 1 is 0.800 bits per heavy atom. The Labute approximate surface area is 133 Å². The van der Waals surface area contributed by atoms with Crippen molar-refractivity contribution in [2.45, 2.75) is 71.1 Å². The second-order valence-electron chi connectivity index (χ2n) is 6.41. The van der Waals surface area contributed by atoms with Crippen molar-refractivity contribution in [2.75, 3.05) is 27.2 Å². The maximum Gasteiger partial charge on any atom is 0.100 e. The van der Waals surface area contributed by atoms with Gasteiger partial charge < -0.3 is 22.0 Å². The molecule has 0 saturated carbocycles. The van der Waals surface area contributed by atoms with Crippen LogP contribution in [0.15, 0.2) is 12.3 Å². The highest BCUT2D eigenvalue weighted by Crippen LogP contribution is 2.11. The summed E-state index contributed by atoms with van der Waals surface area (Å²) >= 11 is 0. The van der Waals surface area contributed by atoms with Gasteiger partial charge in [-0.05, 0) is 12.8 Å². The average Bonchev–Trinajstić information content (AvgIpc) is 2.38. The summed E-state index contributed by atoms with van der Waals surface area (Å²) in [6, 6.07) is 0. The fraction of sp³-hybridized carbons (Fsp3) is 0.882. The number of nitrogens with zero attached hydrogens (tertiary/aromatic N) is 1. The fourth-order valence-corrected chi connectivity index (χ4v) is 2.45. The molecule has 0 atom stereocenters. The van der Waals surface area contributed by atoms with E-state index in [0.29, 0.717) is 0 Å². The number of rotatable bonds is 13. The third-order valence-electron chi connectivity index (χ3n) is 3.82. The lowest BCUT2D eigenvalue weighted by Gasteiger charge is -2.28. The van der Waals surface area contributed by atoms with Gasteiger partial charge in [-0.15, -0.1) is 0 Å². The smallest absolute Gasteiger partial charge is 0.100 e. The maximum atomic E-state index is 8.69. The average molecular weight is 306 g/mol. The molecule has 0 unspecified atom stereocenters. The molecule has 0 radical (unpaired) electrons. The number of aliphatic hydroxyl groups is 1. The Balaban J connectivity index is 0. The molecule has 0 spiro atoms. The van der Waals surface area contributed by atoms with Gasteiger partial charge in [-0.2, -0.15) is 0 Å². The van der Waals surface area contributed by atoms with Crippen molar-refractivity contribution < 1.29 is 22.0 Å². The molecule has 0 aromatic heterocycles. The van der Waals surface area contributed by atoms with Crippen LogP contribution >= 0.6 is 0 Å². The van der Waals surface area contributed by atoms with E-state index in [-0.39, 0.29) is 12.4 Å². The fourth-order valence-electron chi connectivity index (χ4n) is 2.45. The van der Waals surface area contributed by atoms with Crippen molar-refractivity contribution in [1.29, 1.82) is 0 Å². The second-order valence-corrected chi connectivity index (χ2v) is 6.41. The number of hydrogen-bond donors (Lipinski definition) is 1. The van der Waals surface area contributed by atoms with Crippen molar-refractivity contribution in [3.8, 4) is 0 Å². The molecule has 0 aliphatic heterocycles. The molecule has 1 N–H and O–H groups in total. The molecule has 0 aliphatic rings. The van der Waals surface area contributed by atoms with Crippen LogP contribution < -0.4 is 12.4 Å². The number of hydrogen-bond acceptors (Lipinski definition) is 1. The summed E-state index contributed by atoms with van der Waals surface area (Å²) in [4.78, 5) is 0. The molecule has 122 valence electrons. The number of unbranched alkanes of at least 4 members (excludes halogenated alkanes) is 9. The van der Waals surface area contributed by atoms with E-state index < -0.39 is 0 Å². The van der Waals surface area contributed by atoms with Crippen LogP contribution in [0.3, 0.4) is 0 Å². The summed E-state index contributed by atoms with van der Waals surface area (Å²) in [5, 5.41) is 8.69. The van der Waals surface area contributed by atoms with Gasteiger partial charge in [-0.1, -0.05) is 58.3 Å². The maximum absolute atomic E-state index is 8.69. The zero-order valence-electron chi connectivity index (χ0n) is 13.9. The van der Waals surface area contributed by atoms with Gasteiger partial charge in [0.15, 0.2) is 0 Å². The Hall–Kier alpha value is -0.210. The van der Waals surface area contributed by atoms with Crippen LogP contribution in [0.5, 0.6) is 0 Å². The predicted molar refractivity (Wildman–Crippen MR) is 85.5 cm³/mol. The van der Waals surface area contributed by atoms with Gasteiger partial charge in [0.2, 0.25) is 0 Å². The van der Waals surface area contributed by atoms with Gasteiger partial charge in [-0.25, -0.2) is 0 Å². The van der Waals surface area contributed by atoms with E-state index >= 15 is 0 Å². The van der Waals surface area contributed by atoms with E-state index in [1.807, 2.05) is 6.08 Å². The number of aliphatic hydroxyl groups excluding tert-OH is 1. The van der Waals surface area contributed by atoms with Crippen LogP contribution in [0.25, 0.3) is 0 Å². The lowest BCUT2D eigenvalue weighted by Crippen LogP contribution is -3.00. The third kappa shape index (κ3) is 15.8. The summed E-state index contributed by atoms with van der Waals surface area (Å²) in [5.41, 5.74) is 0. The lowest BCUT2D eigenvalue weighted by molar-refractivity contribution is -0.884. The van der Waals surface area contributed by atoms with Crippen molar-refractivity contribution in [1.82, 2.24) is 0 Å². The molecule has 0 aromatic rings. The molecule has 0 aromatic carbocycles. The van der Waals surface area contributed by atoms with E-state index in [1.165, 1.54) is 77.0 Å². The summed E-state index contributed by atoms with van der Waals surface area (Å²) in [6.45, 7) is 4.41. The summed E-state index contributed by atoms with van der Waals surface area (Å²) in [5.74, 6) is 0. The van der Waals surface area contributed by atoms with E-state index in [2.05, 4.69) is 21.0 Å². The first-order chi connectivity index (χ1) is 9.12. The van der Waals surface area contributed by atoms with Gasteiger partial charge in [0.1, 0.15) is 6.54 Å². The first-order valence-corrected chi connectivity index (χ1v) is 8.23. The topological polar surface area (TPSA) is 20.2 Å². The van der Waals surface area contributed by atoms with Gasteiger partial charge in [-0.3, -0.25) is 0 Å². The molecule has 0 heterocycles. The number of halogens is 1. The normalized spacial score (nSPS) is 11.8. The SMILES string of the molecule is CCCCCCCCCCCC[N+](C)(C)CC=CO.[Cl-]. The first kappa shape index (κ1) is 22.1. The summed E-state index contributed by atoms with van der Waals surface area (Å²) in [7, 11) is 4.46. The van der Waals surface area contributed by atoms with Gasteiger partial charge in [0.05, 0.1) is 26.9 Å². The highest BCUT2D eigenvalue weighted by atomic mass is 35.5. The van der Waals surface area contributed by atoms with Crippen LogP contribution in [0.2, 0.25) is 0 Å². The van der Waals surface area contributed by atoms with E-state index in [0.717, 1.165) is 11.0 Å². The minimum Gasteiger partial charge on any atom is -1.00 e. The van der Waals surface area contributed by atoms with E-state index in [9.17, 15) is 0 Å². The molecule has 3 heteroatoms. The summed E-state index contributed by atoms with van der Waals surface area (Å²) < 4.78 is 0.980. The number of quaternary nitrogens is 1. The van der Waals surface area contributed by atoms with Crippen LogP contribution in [0.1, 0.15) is 71.1 Å². The molecule has 2 nitrogen and oxygen atoms in total. The molecular formula is C17H36ClNO. The quantitative estimate of drug-likeness (QED) is 0.314. The highest BCUT2D eigenvalue weighted by Gasteiger charge is 2.11. The van der Waals surface area contributed by atoms with Gasteiger partial charge in [0, 0.05) is 6.08 Å². The molecule has 20 heavy (non-hydrogen) atoms. The number of likely N-dealkylation sites (N-methyl/N-ethyl adjacent to an activating group) is 1. The Kier molecular flexibility index (Phi) is 16.8. The minimum absolute atomic E-state index is 0.